The first kappa shape index (κ1) is 14.5. The number of benzene rings is 1. The first-order chi connectivity index (χ1) is 9.12. The van der Waals surface area contributed by atoms with Crippen molar-refractivity contribution in [2.45, 2.75) is 30.3 Å². The van der Waals surface area contributed by atoms with Gasteiger partial charge in [-0.2, -0.15) is 0 Å². The van der Waals surface area contributed by atoms with Crippen molar-refractivity contribution in [3.05, 3.63) is 29.8 Å². The number of ether oxygens (including phenoxy) is 1. The zero-order valence-electron chi connectivity index (χ0n) is 11.1. The van der Waals surface area contributed by atoms with Crippen molar-refractivity contribution < 1.29 is 13.2 Å². The lowest BCUT2D eigenvalue weighted by molar-refractivity contribution is 0.0832. The molecule has 6 heteroatoms. The van der Waals surface area contributed by atoms with Crippen LogP contribution in [0, 0.1) is 0 Å². The summed E-state index contributed by atoms with van der Waals surface area (Å²) in [7, 11) is -1.56. The zero-order chi connectivity index (χ0) is 13.7. The predicted molar refractivity (Wildman–Crippen MR) is 73.4 cm³/mol. The van der Waals surface area contributed by atoms with Crippen molar-refractivity contribution in [3.63, 3.8) is 0 Å². The van der Waals surface area contributed by atoms with Gasteiger partial charge in [0.05, 0.1) is 4.90 Å². The van der Waals surface area contributed by atoms with Gasteiger partial charge in [-0.05, 0) is 37.6 Å². The van der Waals surface area contributed by atoms with Gasteiger partial charge in [-0.3, -0.25) is 0 Å². The van der Waals surface area contributed by atoms with E-state index in [1.165, 1.54) is 0 Å². The Hall–Kier alpha value is -0.950. The number of rotatable bonds is 5. The minimum Gasteiger partial charge on any atom is -0.381 e. The molecule has 1 aromatic carbocycles. The molecule has 1 aliphatic heterocycles. The molecule has 2 N–H and O–H groups in total. The second-order valence-corrected chi connectivity index (χ2v) is 6.40. The lowest BCUT2D eigenvalue weighted by Gasteiger charge is -2.23. The highest BCUT2D eigenvalue weighted by Gasteiger charge is 2.21. The van der Waals surface area contributed by atoms with Crippen molar-refractivity contribution >= 4 is 10.0 Å². The molecule has 1 heterocycles. The van der Waals surface area contributed by atoms with Crippen LogP contribution < -0.4 is 10.0 Å². The van der Waals surface area contributed by atoms with Gasteiger partial charge in [0.1, 0.15) is 0 Å². The van der Waals surface area contributed by atoms with Crippen molar-refractivity contribution in [2.24, 2.45) is 0 Å². The van der Waals surface area contributed by atoms with Crippen LogP contribution in [-0.2, 0) is 21.3 Å². The van der Waals surface area contributed by atoms with Gasteiger partial charge < -0.3 is 10.1 Å². The van der Waals surface area contributed by atoms with Crippen LogP contribution in [0.15, 0.2) is 29.2 Å². The summed E-state index contributed by atoms with van der Waals surface area (Å²) in [5.41, 5.74) is 1.06. The number of hydrogen-bond donors (Lipinski definition) is 2. The third kappa shape index (κ3) is 4.01. The highest BCUT2D eigenvalue weighted by Crippen LogP contribution is 2.14. The van der Waals surface area contributed by atoms with Crippen LogP contribution in [0.4, 0.5) is 0 Å². The SMILES string of the molecule is CNCc1ccc(S(=O)(=O)NC2CCOCC2)cc1. The standard InChI is InChI=1S/C13H20N2O3S/c1-14-10-11-2-4-13(5-3-11)19(16,17)15-12-6-8-18-9-7-12/h2-5,12,14-15H,6-10H2,1H3. The Morgan fingerprint density at radius 2 is 1.84 bits per heavy atom. The minimum atomic E-state index is -3.42. The average Bonchev–Trinajstić information content (AvgIpc) is 2.40. The summed E-state index contributed by atoms with van der Waals surface area (Å²) < 4.78 is 32.4. The normalized spacial score (nSPS) is 17.5. The van der Waals surface area contributed by atoms with Gasteiger partial charge in [-0.15, -0.1) is 0 Å². The van der Waals surface area contributed by atoms with Crippen molar-refractivity contribution in [1.82, 2.24) is 10.0 Å². The van der Waals surface area contributed by atoms with E-state index in [1.807, 2.05) is 19.2 Å². The number of sulfonamides is 1. The average molecular weight is 284 g/mol. The molecule has 1 aromatic rings. The summed E-state index contributed by atoms with van der Waals surface area (Å²) in [5, 5.41) is 3.03. The maximum absolute atomic E-state index is 12.2. The lowest BCUT2D eigenvalue weighted by Crippen LogP contribution is -2.38. The Kier molecular flexibility index (Phi) is 4.93. The second kappa shape index (κ2) is 6.47. The largest absolute Gasteiger partial charge is 0.381 e. The molecule has 19 heavy (non-hydrogen) atoms. The second-order valence-electron chi connectivity index (χ2n) is 4.68. The van der Waals surface area contributed by atoms with Gasteiger partial charge in [0.15, 0.2) is 0 Å². The molecule has 0 atom stereocenters. The van der Waals surface area contributed by atoms with E-state index >= 15 is 0 Å². The Labute approximate surface area is 114 Å². The fourth-order valence-electron chi connectivity index (χ4n) is 2.09. The molecule has 0 aromatic heterocycles. The highest BCUT2D eigenvalue weighted by atomic mass is 32.2. The van der Waals surface area contributed by atoms with Gasteiger partial charge in [0.25, 0.3) is 0 Å². The van der Waals surface area contributed by atoms with Crippen LogP contribution in [0.5, 0.6) is 0 Å². The van der Waals surface area contributed by atoms with E-state index < -0.39 is 10.0 Å². The molecule has 0 unspecified atom stereocenters. The Balaban J connectivity index is 2.05. The molecule has 1 fully saturated rings. The first-order valence-electron chi connectivity index (χ1n) is 6.45. The van der Waals surface area contributed by atoms with E-state index in [4.69, 9.17) is 4.74 Å². The van der Waals surface area contributed by atoms with E-state index in [0.29, 0.717) is 18.1 Å². The molecule has 1 aliphatic rings. The summed E-state index contributed by atoms with van der Waals surface area (Å²) in [6, 6.07) is 6.93. The zero-order valence-corrected chi connectivity index (χ0v) is 11.9. The number of nitrogens with one attached hydrogen (secondary N) is 2. The van der Waals surface area contributed by atoms with E-state index in [0.717, 1.165) is 24.9 Å². The van der Waals surface area contributed by atoms with E-state index in [9.17, 15) is 8.42 Å². The molecule has 106 valence electrons. The molecule has 0 aliphatic carbocycles. The lowest BCUT2D eigenvalue weighted by atomic mass is 10.1. The summed E-state index contributed by atoms with van der Waals surface area (Å²) in [5.74, 6) is 0. The number of hydrogen-bond acceptors (Lipinski definition) is 4. The molecule has 0 radical (unpaired) electrons. The fraction of sp³-hybridized carbons (Fsp3) is 0.538. The third-order valence-electron chi connectivity index (χ3n) is 3.16. The van der Waals surface area contributed by atoms with E-state index in [-0.39, 0.29) is 6.04 Å². The van der Waals surface area contributed by atoms with Crippen LogP contribution in [0.1, 0.15) is 18.4 Å². The van der Waals surface area contributed by atoms with Gasteiger partial charge in [0, 0.05) is 25.8 Å². The third-order valence-corrected chi connectivity index (χ3v) is 4.69. The van der Waals surface area contributed by atoms with E-state index in [1.54, 1.807) is 12.1 Å². The Bertz CT molecular complexity index is 493. The van der Waals surface area contributed by atoms with Crippen LogP contribution in [0.25, 0.3) is 0 Å². The monoisotopic (exact) mass is 284 g/mol. The summed E-state index contributed by atoms with van der Waals surface area (Å²) in [6.07, 6.45) is 1.47. The van der Waals surface area contributed by atoms with Crippen molar-refractivity contribution in [1.29, 1.82) is 0 Å². The molecular formula is C13H20N2O3S. The van der Waals surface area contributed by atoms with Crippen LogP contribution in [-0.4, -0.2) is 34.7 Å². The van der Waals surface area contributed by atoms with Gasteiger partial charge in [-0.25, -0.2) is 13.1 Å². The molecular weight excluding hydrogens is 264 g/mol. The maximum atomic E-state index is 12.2. The van der Waals surface area contributed by atoms with Crippen molar-refractivity contribution in [3.8, 4) is 0 Å². The van der Waals surface area contributed by atoms with Gasteiger partial charge in [0.2, 0.25) is 10.0 Å². The molecule has 0 spiro atoms. The minimum absolute atomic E-state index is 0.0178. The molecule has 1 saturated heterocycles. The first-order valence-corrected chi connectivity index (χ1v) is 7.94. The van der Waals surface area contributed by atoms with Crippen LogP contribution >= 0.6 is 0 Å². The fourth-order valence-corrected chi connectivity index (χ4v) is 3.40. The quantitative estimate of drug-likeness (QED) is 0.841. The Morgan fingerprint density at radius 1 is 1.21 bits per heavy atom. The maximum Gasteiger partial charge on any atom is 0.240 e. The predicted octanol–water partition coefficient (Wildman–Crippen LogP) is 0.863. The summed E-state index contributed by atoms with van der Waals surface area (Å²) in [4.78, 5) is 0.318. The molecule has 0 amide bonds. The van der Waals surface area contributed by atoms with E-state index in [2.05, 4.69) is 10.0 Å². The summed E-state index contributed by atoms with van der Waals surface area (Å²) >= 11 is 0. The summed E-state index contributed by atoms with van der Waals surface area (Å²) in [6.45, 7) is 1.97. The van der Waals surface area contributed by atoms with Gasteiger partial charge >= 0.3 is 0 Å². The van der Waals surface area contributed by atoms with Crippen LogP contribution in [0.2, 0.25) is 0 Å². The van der Waals surface area contributed by atoms with Crippen molar-refractivity contribution in [2.75, 3.05) is 20.3 Å². The van der Waals surface area contributed by atoms with Crippen LogP contribution in [0.3, 0.4) is 0 Å². The highest BCUT2D eigenvalue weighted by molar-refractivity contribution is 7.89. The topological polar surface area (TPSA) is 67.4 Å². The molecule has 0 saturated carbocycles. The molecule has 2 rings (SSSR count). The smallest absolute Gasteiger partial charge is 0.240 e. The molecule has 0 bridgehead atoms. The van der Waals surface area contributed by atoms with Gasteiger partial charge in [-0.1, -0.05) is 12.1 Å². The Morgan fingerprint density at radius 3 is 2.42 bits per heavy atom. The molecule has 5 nitrogen and oxygen atoms in total.